The molecule has 1 aliphatic heterocycles. The van der Waals surface area contributed by atoms with Crippen LogP contribution in [0.15, 0.2) is 24.4 Å². The highest BCUT2D eigenvalue weighted by molar-refractivity contribution is 6.35. The minimum Gasteiger partial charge on any atom is -0.494 e. The van der Waals surface area contributed by atoms with Gasteiger partial charge in [0, 0.05) is 18.2 Å². The van der Waals surface area contributed by atoms with Crippen LogP contribution in [0.1, 0.15) is 45.7 Å². The molecule has 2 aromatic rings. The number of aromatic amines is 1. The molecule has 1 aliphatic rings. The number of nitrogens with zero attached hydrogens (tertiary/aromatic N) is 1. The Labute approximate surface area is 162 Å². The van der Waals surface area contributed by atoms with Gasteiger partial charge in [0.25, 0.3) is 0 Å². The van der Waals surface area contributed by atoms with E-state index in [1.807, 2.05) is 0 Å². The number of aromatic nitrogens is 1. The number of hydrogen-bond acceptors (Lipinski definition) is 4. The van der Waals surface area contributed by atoms with Crippen LogP contribution in [-0.2, 0) is 0 Å². The summed E-state index contributed by atoms with van der Waals surface area (Å²) < 4.78 is 19.4. The molecule has 1 saturated heterocycles. The molecule has 1 fully saturated rings. The predicted molar refractivity (Wildman–Crippen MR) is 101 cm³/mol. The van der Waals surface area contributed by atoms with Crippen LogP contribution in [0.25, 0.3) is 0 Å². The number of piperidine rings is 1. The van der Waals surface area contributed by atoms with Gasteiger partial charge in [-0.3, -0.25) is 9.59 Å². The molecule has 1 N–H and O–H groups in total. The minimum atomic E-state index is -0.810. The van der Waals surface area contributed by atoms with Gasteiger partial charge in [-0.25, -0.2) is 4.39 Å². The number of carbonyl (C=O) groups is 2. The van der Waals surface area contributed by atoms with Crippen molar-refractivity contribution in [2.45, 2.75) is 19.3 Å². The molecule has 0 spiro atoms. The quantitative estimate of drug-likeness (QED) is 0.756. The lowest BCUT2D eigenvalue weighted by Crippen LogP contribution is -2.31. The summed E-state index contributed by atoms with van der Waals surface area (Å²) in [5, 5.41) is -0.00120. The monoisotopic (exact) mass is 392 g/mol. The van der Waals surface area contributed by atoms with Gasteiger partial charge in [0.1, 0.15) is 0 Å². The number of hydrogen-bond donors (Lipinski definition) is 1. The molecular formula is C20H22ClFN2O3. The van der Waals surface area contributed by atoms with Crippen LogP contribution in [0.5, 0.6) is 5.75 Å². The van der Waals surface area contributed by atoms with Crippen LogP contribution in [0, 0.1) is 11.7 Å². The molecule has 27 heavy (non-hydrogen) atoms. The number of Topliss-reactive ketones (excluding diaryl/α,β-unsaturated/α-hetero) is 1. The molecule has 3 rings (SSSR count). The maximum atomic E-state index is 14.5. The maximum Gasteiger partial charge on any atom is 0.199 e. The first kappa shape index (κ1) is 19.6. The van der Waals surface area contributed by atoms with Gasteiger partial charge in [-0.05, 0) is 57.1 Å². The number of ketones is 2. The zero-order chi connectivity index (χ0) is 19.6. The fourth-order valence-electron chi connectivity index (χ4n) is 3.37. The lowest BCUT2D eigenvalue weighted by molar-refractivity contribution is 0.0931. The second kappa shape index (κ2) is 8.23. The molecule has 5 nitrogen and oxygen atoms in total. The molecule has 0 saturated carbocycles. The highest BCUT2D eigenvalue weighted by Gasteiger charge is 2.24. The van der Waals surface area contributed by atoms with Gasteiger partial charge in [0.15, 0.2) is 23.1 Å². The second-order valence-electron chi connectivity index (χ2n) is 6.94. The van der Waals surface area contributed by atoms with Crippen molar-refractivity contribution in [2.75, 3.05) is 27.2 Å². The Morgan fingerprint density at radius 2 is 2.04 bits per heavy atom. The topological polar surface area (TPSA) is 62.4 Å². The summed E-state index contributed by atoms with van der Waals surface area (Å²) in [4.78, 5) is 30.3. The van der Waals surface area contributed by atoms with Crippen molar-refractivity contribution < 1.29 is 18.7 Å². The van der Waals surface area contributed by atoms with Crippen LogP contribution in [-0.4, -0.2) is 48.7 Å². The summed E-state index contributed by atoms with van der Waals surface area (Å²) in [5.74, 6) is -1.15. The van der Waals surface area contributed by atoms with E-state index >= 15 is 0 Å². The Kier molecular flexibility index (Phi) is 5.97. The minimum absolute atomic E-state index is 0.00120. The number of halogens is 2. The third-order valence-corrected chi connectivity index (χ3v) is 5.38. The van der Waals surface area contributed by atoms with Gasteiger partial charge in [-0.2, -0.15) is 0 Å². The Morgan fingerprint density at radius 1 is 1.33 bits per heavy atom. The summed E-state index contributed by atoms with van der Waals surface area (Å²) >= 11 is 6.02. The van der Waals surface area contributed by atoms with Gasteiger partial charge in [-0.1, -0.05) is 11.6 Å². The largest absolute Gasteiger partial charge is 0.494 e. The standard InChI is InChI=1S/C20H22ClFN2O3/c1-24-7-5-12(6-8-24)9-16(25)15-10-13(11-23-15)20(26)18-14(21)3-4-17(27-2)19(18)22/h3-4,10-12,23H,5-9H2,1-2H3. The summed E-state index contributed by atoms with van der Waals surface area (Å²) in [5.41, 5.74) is 0.289. The van der Waals surface area contributed by atoms with Crippen LogP contribution >= 0.6 is 11.6 Å². The van der Waals surface area contributed by atoms with Crippen molar-refractivity contribution in [3.8, 4) is 5.75 Å². The van der Waals surface area contributed by atoms with Crippen molar-refractivity contribution in [1.29, 1.82) is 0 Å². The molecule has 0 amide bonds. The number of rotatable bonds is 6. The fraction of sp³-hybridized carbons (Fsp3) is 0.400. The van der Waals surface area contributed by atoms with Crippen molar-refractivity contribution >= 4 is 23.2 Å². The Balaban J connectivity index is 1.76. The van der Waals surface area contributed by atoms with E-state index < -0.39 is 11.6 Å². The fourth-order valence-corrected chi connectivity index (χ4v) is 3.60. The number of H-pyrrole nitrogens is 1. The average molecular weight is 393 g/mol. The number of carbonyl (C=O) groups excluding carboxylic acids is 2. The lowest BCUT2D eigenvalue weighted by atomic mass is 9.91. The third kappa shape index (κ3) is 4.22. The maximum absolute atomic E-state index is 14.5. The molecule has 144 valence electrons. The Bertz CT molecular complexity index is 857. The summed E-state index contributed by atoms with van der Waals surface area (Å²) in [6.07, 6.45) is 3.83. The van der Waals surface area contributed by atoms with Crippen molar-refractivity contribution in [3.05, 3.63) is 52.1 Å². The molecule has 0 unspecified atom stereocenters. The molecule has 0 atom stereocenters. The molecule has 0 radical (unpaired) electrons. The van der Waals surface area contributed by atoms with E-state index in [1.165, 1.54) is 31.5 Å². The third-order valence-electron chi connectivity index (χ3n) is 5.06. The van der Waals surface area contributed by atoms with E-state index in [4.69, 9.17) is 16.3 Å². The smallest absolute Gasteiger partial charge is 0.199 e. The van der Waals surface area contributed by atoms with E-state index in [2.05, 4.69) is 16.9 Å². The summed E-state index contributed by atoms with van der Waals surface area (Å²) in [6.45, 7) is 1.97. The van der Waals surface area contributed by atoms with Gasteiger partial charge < -0.3 is 14.6 Å². The normalized spacial score (nSPS) is 15.7. The van der Waals surface area contributed by atoms with Crippen LogP contribution in [0.2, 0.25) is 5.02 Å². The number of ether oxygens (including phenoxy) is 1. The van der Waals surface area contributed by atoms with E-state index in [9.17, 15) is 14.0 Å². The molecule has 1 aromatic heterocycles. The Morgan fingerprint density at radius 3 is 2.70 bits per heavy atom. The van der Waals surface area contributed by atoms with E-state index in [0.717, 1.165) is 25.9 Å². The number of methoxy groups -OCH3 is 1. The number of likely N-dealkylation sites (tertiary alicyclic amines) is 1. The van der Waals surface area contributed by atoms with Gasteiger partial charge in [0.05, 0.1) is 23.4 Å². The van der Waals surface area contributed by atoms with E-state index in [-0.39, 0.29) is 27.7 Å². The molecule has 7 heteroatoms. The first-order valence-corrected chi connectivity index (χ1v) is 9.25. The van der Waals surface area contributed by atoms with E-state index in [1.54, 1.807) is 0 Å². The molecule has 0 aliphatic carbocycles. The first-order valence-electron chi connectivity index (χ1n) is 8.87. The SMILES string of the molecule is COc1ccc(Cl)c(C(=O)c2c[nH]c(C(=O)CC3CCN(C)CC3)c2)c1F. The highest BCUT2D eigenvalue weighted by Crippen LogP contribution is 2.29. The molecule has 2 heterocycles. The molecule has 0 bridgehead atoms. The van der Waals surface area contributed by atoms with Crippen LogP contribution in [0.3, 0.4) is 0 Å². The number of benzene rings is 1. The first-order chi connectivity index (χ1) is 12.9. The Hall–Kier alpha value is -2.18. The van der Waals surface area contributed by atoms with Crippen molar-refractivity contribution in [1.82, 2.24) is 9.88 Å². The van der Waals surface area contributed by atoms with E-state index in [0.29, 0.717) is 18.0 Å². The van der Waals surface area contributed by atoms with Crippen LogP contribution in [0.4, 0.5) is 4.39 Å². The van der Waals surface area contributed by atoms with Gasteiger partial charge in [-0.15, -0.1) is 0 Å². The molecular weight excluding hydrogens is 371 g/mol. The van der Waals surface area contributed by atoms with Crippen molar-refractivity contribution in [2.24, 2.45) is 5.92 Å². The zero-order valence-electron chi connectivity index (χ0n) is 15.4. The average Bonchev–Trinajstić information content (AvgIpc) is 3.14. The summed E-state index contributed by atoms with van der Waals surface area (Å²) in [7, 11) is 3.39. The lowest BCUT2D eigenvalue weighted by Gasteiger charge is -2.28. The van der Waals surface area contributed by atoms with Crippen LogP contribution < -0.4 is 4.74 Å². The second-order valence-corrected chi connectivity index (χ2v) is 7.35. The zero-order valence-corrected chi connectivity index (χ0v) is 16.1. The number of nitrogens with one attached hydrogen (secondary N) is 1. The highest BCUT2D eigenvalue weighted by atomic mass is 35.5. The van der Waals surface area contributed by atoms with Crippen molar-refractivity contribution in [3.63, 3.8) is 0 Å². The van der Waals surface area contributed by atoms with Gasteiger partial charge >= 0.3 is 0 Å². The predicted octanol–water partition coefficient (Wildman–Crippen LogP) is 3.96. The van der Waals surface area contributed by atoms with Gasteiger partial charge in [0.2, 0.25) is 0 Å². The molecule has 1 aromatic carbocycles. The summed E-state index contributed by atoms with van der Waals surface area (Å²) in [6, 6.07) is 4.24.